The fourth-order valence-corrected chi connectivity index (χ4v) is 0.754. The van der Waals surface area contributed by atoms with Crippen molar-refractivity contribution in [3.05, 3.63) is 22.1 Å². The Hall–Kier alpha value is -1.43. The molecule has 1 heterocycles. The van der Waals surface area contributed by atoms with E-state index in [2.05, 4.69) is 4.98 Å². The summed E-state index contributed by atoms with van der Waals surface area (Å²) in [6.07, 6.45) is 1.12. The molecule has 0 aromatic carbocycles. The summed E-state index contributed by atoms with van der Waals surface area (Å²) in [4.78, 5) is 13.3. The van der Waals surface area contributed by atoms with Crippen LogP contribution in [0, 0.1) is 10.1 Å². The highest BCUT2D eigenvalue weighted by molar-refractivity contribution is 5.17. The van der Waals surface area contributed by atoms with Crippen LogP contribution in [0.2, 0.25) is 0 Å². The minimum absolute atomic E-state index is 0.117. The highest BCUT2D eigenvalue weighted by Crippen LogP contribution is 2.10. The molecule has 0 aliphatic heterocycles. The molecule has 0 spiro atoms. The average Bonchev–Trinajstić information content (AvgIpc) is 2.30. The molecule has 0 amide bonds. The third-order valence-electron chi connectivity index (χ3n) is 1.39. The van der Waals surface area contributed by atoms with Crippen LogP contribution >= 0.6 is 0 Å². The smallest absolute Gasteiger partial charge is 0.342 e. The summed E-state index contributed by atoms with van der Waals surface area (Å²) in [7, 11) is 1.48. The van der Waals surface area contributed by atoms with Gasteiger partial charge < -0.3 is 15.2 Å². The van der Waals surface area contributed by atoms with Gasteiger partial charge in [0.15, 0.2) is 0 Å². The Bertz CT molecular complexity index is 281. The lowest BCUT2D eigenvalue weighted by Gasteiger charge is -1.93. The van der Waals surface area contributed by atoms with Crippen LogP contribution in [0.1, 0.15) is 5.82 Å². The molecule has 6 nitrogen and oxygen atoms in total. The topological polar surface area (TPSA) is 81.2 Å². The molecule has 1 aromatic rings. The fraction of sp³-hybridized carbons (Fsp3) is 0.400. The van der Waals surface area contributed by atoms with Crippen LogP contribution in [0.25, 0.3) is 0 Å². The lowest BCUT2D eigenvalue weighted by Crippen LogP contribution is -2.01. The average molecular weight is 159 g/mol. The minimum Gasteiger partial charge on any atom is -0.386 e. The van der Waals surface area contributed by atoms with E-state index in [1.54, 1.807) is 0 Å². The van der Waals surface area contributed by atoms with Gasteiger partial charge in [0.1, 0.15) is 12.8 Å². The molecule has 0 saturated heterocycles. The number of rotatable bonds is 2. The highest BCUT2D eigenvalue weighted by Gasteiger charge is 2.14. The van der Waals surface area contributed by atoms with E-state index in [4.69, 9.17) is 5.11 Å². The Kier molecular flexibility index (Phi) is 1.86. The Morgan fingerprint density at radius 3 is 2.82 bits per heavy atom. The molecule has 0 saturated carbocycles. The van der Waals surface area contributed by atoms with Crippen LogP contribution in [0.4, 0.5) is 5.82 Å². The molecule has 1 aromatic heterocycles. The Balaban J connectivity index is 3.10. The van der Waals surface area contributed by atoms with Crippen LogP contribution in [0.3, 0.4) is 0 Å². The zero-order valence-electron chi connectivity index (χ0n) is 5.89. The molecular weight excluding hydrogens is 152 g/mol. The van der Waals surface area contributed by atoms with Gasteiger partial charge in [0.25, 0.3) is 0 Å². The van der Waals surface area contributed by atoms with Gasteiger partial charge in [-0.15, -0.1) is 0 Å². The molecule has 0 aliphatic rings. The van der Waals surface area contributed by atoms with Gasteiger partial charge in [-0.1, -0.05) is 0 Å². The van der Waals surface area contributed by atoms with Gasteiger partial charge in [0.2, 0.25) is 5.82 Å². The third-order valence-corrected chi connectivity index (χ3v) is 1.39. The molecule has 6 heteroatoms. The lowest BCUT2D eigenvalue weighted by atomic mass is 10.7. The van der Waals surface area contributed by atoms with E-state index in [0.717, 1.165) is 6.20 Å². The number of imidazole rings is 1. The minimum atomic E-state index is -0.549. The third kappa shape index (κ3) is 1.20. The van der Waals surface area contributed by atoms with Crippen molar-refractivity contribution in [3.63, 3.8) is 0 Å². The Morgan fingerprint density at radius 2 is 2.55 bits per heavy atom. The first-order valence-corrected chi connectivity index (χ1v) is 2.92. The van der Waals surface area contributed by atoms with E-state index in [1.165, 1.54) is 11.6 Å². The maximum atomic E-state index is 10.2. The second kappa shape index (κ2) is 2.67. The SMILES string of the molecule is Cn1c([N+](=O)[O-])cnc1[14CH2]O. The summed E-state index contributed by atoms with van der Waals surface area (Å²) in [5.74, 6) is 0.172. The molecule has 1 N–H and O–H groups in total. The van der Waals surface area contributed by atoms with Gasteiger partial charge >= 0.3 is 5.82 Å². The summed E-state index contributed by atoms with van der Waals surface area (Å²) in [6, 6.07) is 0. The summed E-state index contributed by atoms with van der Waals surface area (Å²) in [5.41, 5.74) is 0. The quantitative estimate of drug-likeness (QED) is 0.479. The number of hydrogen-bond donors (Lipinski definition) is 1. The molecule has 60 valence electrons. The maximum absolute atomic E-state index is 10.2. The fourth-order valence-electron chi connectivity index (χ4n) is 0.754. The number of hydrogen-bond acceptors (Lipinski definition) is 4. The molecule has 0 aliphatic carbocycles. The maximum Gasteiger partial charge on any atom is 0.342 e. The van der Waals surface area contributed by atoms with Crippen LogP contribution in [0.5, 0.6) is 0 Å². The summed E-state index contributed by atoms with van der Waals surface area (Å²) in [6.45, 7) is -0.287. The zero-order chi connectivity index (χ0) is 8.43. The predicted molar refractivity (Wildman–Crippen MR) is 35.8 cm³/mol. The Labute approximate surface area is 62.2 Å². The van der Waals surface area contributed by atoms with E-state index in [-0.39, 0.29) is 18.2 Å². The Morgan fingerprint density at radius 1 is 1.91 bits per heavy atom. The number of aliphatic hydroxyl groups excluding tert-OH is 1. The summed E-state index contributed by atoms with van der Waals surface area (Å²) >= 11 is 0. The zero-order valence-corrected chi connectivity index (χ0v) is 5.89. The van der Waals surface area contributed by atoms with Crippen LogP contribution < -0.4 is 0 Å². The molecular formula is C5H7N3O3. The number of aromatic nitrogens is 2. The first-order valence-electron chi connectivity index (χ1n) is 2.92. The lowest BCUT2D eigenvalue weighted by molar-refractivity contribution is -0.391. The van der Waals surface area contributed by atoms with Crippen molar-refractivity contribution < 1.29 is 10.0 Å². The highest BCUT2D eigenvalue weighted by atomic mass is 16.6. The van der Waals surface area contributed by atoms with Crippen LogP contribution in [-0.2, 0) is 13.7 Å². The normalized spacial score (nSPS) is 10.0. The molecule has 0 bridgehead atoms. The van der Waals surface area contributed by atoms with Gasteiger partial charge in [0.05, 0.1) is 7.05 Å². The van der Waals surface area contributed by atoms with Crippen LogP contribution in [0.15, 0.2) is 6.20 Å². The largest absolute Gasteiger partial charge is 0.386 e. The van der Waals surface area contributed by atoms with E-state index >= 15 is 0 Å². The van der Waals surface area contributed by atoms with Crippen molar-refractivity contribution in [2.24, 2.45) is 7.05 Å². The molecule has 1 rings (SSSR count). The van der Waals surface area contributed by atoms with Crippen molar-refractivity contribution in [1.29, 1.82) is 0 Å². The first kappa shape index (κ1) is 7.67. The number of nitrogens with zero attached hydrogens (tertiary/aromatic N) is 3. The van der Waals surface area contributed by atoms with Crippen molar-refractivity contribution in [3.8, 4) is 0 Å². The second-order valence-corrected chi connectivity index (χ2v) is 2.01. The van der Waals surface area contributed by atoms with Gasteiger partial charge in [0, 0.05) is 0 Å². The predicted octanol–water partition coefficient (Wildman–Crippen LogP) is -0.179. The standard InChI is InChI=1S/C5H7N3O3/c1-7-4(3-9)6-2-5(7)8(10)11/h2,9H,3H2,1H3/i3+2. The second-order valence-electron chi connectivity index (χ2n) is 2.01. The van der Waals surface area contributed by atoms with E-state index in [0.29, 0.717) is 0 Å². The van der Waals surface area contributed by atoms with Crippen molar-refractivity contribution in [1.82, 2.24) is 9.55 Å². The van der Waals surface area contributed by atoms with E-state index in [1.807, 2.05) is 0 Å². The van der Waals surface area contributed by atoms with Crippen molar-refractivity contribution in [2.75, 3.05) is 0 Å². The van der Waals surface area contributed by atoms with Crippen LogP contribution in [-0.4, -0.2) is 19.6 Å². The summed E-state index contributed by atoms with van der Waals surface area (Å²) in [5, 5.41) is 18.8. The number of nitro groups is 1. The van der Waals surface area contributed by atoms with Gasteiger partial charge in [-0.05, 0) is 4.92 Å². The summed E-state index contributed by atoms with van der Waals surface area (Å²) < 4.78 is 1.24. The van der Waals surface area contributed by atoms with E-state index in [9.17, 15) is 10.1 Å². The van der Waals surface area contributed by atoms with Gasteiger partial charge in [-0.25, -0.2) is 9.55 Å². The first-order chi connectivity index (χ1) is 5.16. The molecule has 11 heavy (non-hydrogen) atoms. The molecule has 0 radical (unpaired) electrons. The monoisotopic (exact) mass is 159 g/mol. The van der Waals surface area contributed by atoms with Gasteiger partial charge in [-0.3, -0.25) is 0 Å². The molecule has 0 atom stereocenters. The van der Waals surface area contributed by atoms with Crippen molar-refractivity contribution in [2.45, 2.75) is 6.61 Å². The van der Waals surface area contributed by atoms with Crippen molar-refractivity contribution >= 4 is 5.82 Å². The van der Waals surface area contributed by atoms with E-state index < -0.39 is 4.92 Å². The number of aliphatic hydroxyl groups is 1. The van der Waals surface area contributed by atoms with Gasteiger partial charge in [-0.2, -0.15) is 0 Å². The molecule has 0 unspecified atom stereocenters. The molecule has 0 fully saturated rings.